The smallest absolute Gasteiger partial charge is 0.267 e. The van der Waals surface area contributed by atoms with Crippen molar-refractivity contribution in [2.75, 3.05) is 11.9 Å². The van der Waals surface area contributed by atoms with Crippen molar-refractivity contribution >= 4 is 45.3 Å². The Balaban J connectivity index is 1.48. The van der Waals surface area contributed by atoms with Crippen LogP contribution in [0.5, 0.6) is 0 Å². The van der Waals surface area contributed by atoms with Crippen LogP contribution in [0.1, 0.15) is 33.6 Å². The molecule has 1 saturated heterocycles. The van der Waals surface area contributed by atoms with Gasteiger partial charge in [0.05, 0.1) is 4.88 Å². The summed E-state index contributed by atoms with van der Waals surface area (Å²) in [5.41, 5.74) is 0.921. The highest BCUT2D eigenvalue weighted by molar-refractivity contribution is 7.18. The van der Waals surface area contributed by atoms with Crippen LogP contribution in [0.3, 0.4) is 0 Å². The Bertz CT molecular complexity index is 903. The average molecular weight is 392 g/mol. The van der Waals surface area contributed by atoms with E-state index < -0.39 is 0 Å². The number of nitrogens with one attached hydrogen (secondary N) is 1. The summed E-state index contributed by atoms with van der Waals surface area (Å²) in [6, 6.07) is 11.3. The van der Waals surface area contributed by atoms with Crippen molar-refractivity contribution in [3.05, 3.63) is 51.3 Å². The maximum absolute atomic E-state index is 12.4. The highest BCUT2D eigenvalue weighted by Crippen LogP contribution is 2.34. The van der Waals surface area contributed by atoms with Crippen LogP contribution in [0.4, 0.5) is 5.13 Å². The van der Waals surface area contributed by atoms with Gasteiger partial charge in [0.25, 0.3) is 5.91 Å². The number of halogens is 1. The molecular weight excluding hydrogens is 378 g/mol. The lowest BCUT2D eigenvalue weighted by molar-refractivity contribution is 0.103. The minimum absolute atomic E-state index is 0.0108. The summed E-state index contributed by atoms with van der Waals surface area (Å²) in [6.07, 6.45) is 2.00. The van der Waals surface area contributed by atoms with Crippen LogP contribution in [0.15, 0.2) is 36.4 Å². The zero-order valence-electron chi connectivity index (χ0n) is 13.1. The highest BCUT2D eigenvalue weighted by Gasteiger charge is 2.22. The Morgan fingerprint density at radius 1 is 1.20 bits per heavy atom. The number of nitrogens with zero attached hydrogens (tertiary/aromatic N) is 2. The number of thiophene rings is 1. The number of anilines is 1. The maximum Gasteiger partial charge on any atom is 0.267 e. The Morgan fingerprint density at radius 3 is 2.88 bits per heavy atom. The first-order valence-electron chi connectivity index (χ1n) is 7.82. The fraction of sp³-hybridized carbons (Fsp3) is 0.235. The van der Waals surface area contributed by atoms with Gasteiger partial charge in [-0.2, -0.15) is 0 Å². The van der Waals surface area contributed by atoms with E-state index in [0.29, 0.717) is 15.0 Å². The molecule has 1 unspecified atom stereocenters. The molecule has 1 fully saturated rings. The van der Waals surface area contributed by atoms with Gasteiger partial charge in [-0.3, -0.25) is 10.1 Å². The van der Waals surface area contributed by atoms with Gasteiger partial charge in [0.1, 0.15) is 11.1 Å². The van der Waals surface area contributed by atoms with Gasteiger partial charge in [0.2, 0.25) is 5.13 Å². The molecule has 1 aliphatic heterocycles. The number of ether oxygens (including phenoxy) is 1. The quantitative estimate of drug-likeness (QED) is 0.677. The van der Waals surface area contributed by atoms with Crippen LogP contribution in [-0.2, 0) is 4.74 Å². The van der Waals surface area contributed by atoms with Crippen LogP contribution in [0, 0.1) is 0 Å². The normalized spacial score (nSPS) is 16.9. The number of carbonyl (C=O) groups is 1. The predicted molar refractivity (Wildman–Crippen MR) is 101 cm³/mol. The number of carbonyl (C=O) groups excluding carboxylic acids is 1. The number of amides is 1. The molecule has 0 saturated carbocycles. The van der Waals surface area contributed by atoms with Gasteiger partial charge >= 0.3 is 0 Å². The van der Waals surface area contributed by atoms with E-state index in [0.717, 1.165) is 34.9 Å². The van der Waals surface area contributed by atoms with Crippen molar-refractivity contribution < 1.29 is 9.53 Å². The highest BCUT2D eigenvalue weighted by atomic mass is 35.5. The zero-order valence-corrected chi connectivity index (χ0v) is 15.5. The first kappa shape index (κ1) is 16.7. The summed E-state index contributed by atoms with van der Waals surface area (Å²) in [5.74, 6) is -0.196. The second-order valence-electron chi connectivity index (χ2n) is 5.54. The molecule has 8 heteroatoms. The van der Waals surface area contributed by atoms with Crippen molar-refractivity contribution in [1.29, 1.82) is 0 Å². The molecule has 128 valence electrons. The van der Waals surface area contributed by atoms with E-state index in [9.17, 15) is 4.79 Å². The Kier molecular flexibility index (Phi) is 4.80. The van der Waals surface area contributed by atoms with E-state index >= 15 is 0 Å². The molecule has 25 heavy (non-hydrogen) atoms. The lowest BCUT2D eigenvalue weighted by Crippen LogP contribution is -2.09. The number of hydrogen-bond donors (Lipinski definition) is 1. The van der Waals surface area contributed by atoms with E-state index in [1.807, 2.05) is 30.3 Å². The van der Waals surface area contributed by atoms with E-state index in [2.05, 4.69) is 15.5 Å². The molecule has 3 heterocycles. The monoisotopic (exact) mass is 391 g/mol. The fourth-order valence-electron chi connectivity index (χ4n) is 2.61. The van der Waals surface area contributed by atoms with Crippen molar-refractivity contribution in [3.8, 4) is 10.4 Å². The third-order valence-corrected chi connectivity index (χ3v) is 6.21. The SMILES string of the molecule is O=C(Nc1nnc(C2CCCO2)s1)c1ccc(-c2ccccc2Cl)s1. The third-order valence-electron chi connectivity index (χ3n) is 3.84. The number of benzene rings is 1. The molecule has 1 amide bonds. The van der Waals surface area contributed by atoms with Crippen molar-refractivity contribution in [2.45, 2.75) is 18.9 Å². The second-order valence-corrected chi connectivity index (χ2v) is 8.05. The van der Waals surface area contributed by atoms with Crippen LogP contribution >= 0.6 is 34.3 Å². The van der Waals surface area contributed by atoms with Crippen molar-refractivity contribution in [1.82, 2.24) is 10.2 Å². The van der Waals surface area contributed by atoms with Crippen LogP contribution in [0.2, 0.25) is 5.02 Å². The molecule has 5 nitrogen and oxygen atoms in total. The number of rotatable bonds is 4. The summed E-state index contributed by atoms with van der Waals surface area (Å²) in [6.45, 7) is 0.756. The standard InChI is InChI=1S/C17H14ClN3O2S2/c18-11-5-2-1-4-10(11)13-7-8-14(24-13)15(22)19-17-21-20-16(25-17)12-6-3-9-23-12/h1-2,4-5,7-8,12H,3,6,9H2,(H,19,21,22). The van der Waals surface area contributed by atoms with E-state index in [-0.39, 0.29) is 12.0 Å². The second kappa shape index (κ2) is 7.21. The first-order valence-corrected chi connectivity index (χ1v) is 9.83. The van der Waals surface area contributed by atoms with E-state index in [1.165, 1.54) is 22.7 Å². The minimum Gasteiger partial charge on any atom is -0.371 e. The lowest BCUT2D eigenvalue weighted by Gasteiger charge is -2.02. The van der Waals surface area contributed by atoms with Gasteiger partial charge in [0, 0.05) is 22.1 Å². The van der Waals surface area contributed by atoms with Gasteiger partial charge in [-0.1, -0.05) is 41.1 Å². The summed E-state index contributed by atoms with van der Waals surface area (Å²) in [5, 5.41) is 13.0. The van der Waals surface area contributed by atoms with Crippen molar-refractivity contribution in [3.63, 3.8) is 0 Å². The van der Waals surface area contributed by atoms with E-state index in [4.69, 9.17) is 16.3 Å². The summed E-state index contributed by atoms with van der Waals surface area (Å²) in [4.78, 5) is 14.0. The number of aromatic nitrogens is 2. The van der Waals surface area contributed by atoms with Gasteiger partial charge in [-0.05, 0) is 31.0 Å². The Hall–Kier alpha value is -1.80. The maximum atomic E-state index is 12.4. The molecule has 1 atom stereocenters. The molecule has 0 aliphatic carbocycles. The lowest BCUT2D eigenvalue weighted by atomic mass is 10.2. The fourth-order valence-corrected chi connectivity index (χ4v) is 4.67. The topological polar surface area (TPSA) is 64.1 Å². The number of hydrogen-bond acceptors (Lipinski definition) is 6. The molecule has 0 spiro atoms. The zero-order chi connectivity index (χ0) is 17.2. The van der Waals surface area contributed by atoms with Crippen LogP contribution in [-0.4, -0.2) is 22.7 Å². The Labute approximate surface area is 157 Å². The first-order chi connectivity index (χ1) is 12.2. The molecule has 4 rings (SSSR count). The third kappa shape index (κ3) is 3.59. The predicted octanol–water partition coefficient (Wildman–Crippen LogP) is 5.02. The van der Waals surface area contributed by atoms with Gasteiger partial charge in [-0.25, -0.2) is 0 Å². The molecule has 0 bridgehead atoms. The van der Waals surface area contributed by atoms with E-state index in [1.54, 1.807) is 6.07 Å². The summed E-state index contributed by atoms with van der Waals surface area (Å²) < 4.78 is 5.59. The molecule has 1 aliphatic rings. The van der Waals surface area contributed by atoms with Gasteiger partial charge < -0.3 is 4.74 Å². The van der Waals surface area contributed by atoms with Crippen molar-refractivity contribution in [2.24, 2.45) is 0 Å². The molecular formula is C17H14ClN3O2S2. The Morgan fingerprint density at radius 2 is 2.08 bits per heavy atom. The molecule has 1 N–H and O–H groups in total. The minimum atomic E-state index is -0.196. The molecule has 1 aromatic carbocycles. The largest absolute Gasteiger partial charge is 0.371 e. The van der Waals surface area contributed by atoms with Gasteiger partial charge in [-0.15, -0.1) is 21.5 Å². The van der Waals surface area contributed by atoms with Crippen LogP contribution in [0.25, 0.3) is 10.4 Å². The average Bonchev–Trinajstić information content (AvgIpc) is 3.36. The van der Waals surface area contributed by atoms with Gasteiger partial charge in [0.15, 0.2) is 0 Å². The summed E-state index contributed by atoms with van der Waals surface area (Å²) in [7, 11) is 0. The molecule has 2 aromatic heterocycles. The molecule has 3 aromatic rings. The molecule has 0 radical (unpaired) electrons. The van der Waals surface area contributed by atoms with Crippen LogP contribution < -0.4 is 5.32 Å². The summed E-state index contributed by atoms with van der Waals surface area (Å²) >= 11 is 8.98.